The molecule has 1 spiro atoms. The summed E-state index contributed by atoms with van der Waals surface area (Å²) >= 11 is 0. The van der Waals surface area contributed by atoms with Crippen molar-refractivity contribution in [3.05, 3.63) is 35.4 Å². The molecule has 1 aromatic carbocycles. The van der Waals surface area contributed by atoms with Crippen LogP contribution >= 0.6 is 0 Å². The molecule has 0 fully saturated rings. The van der Waals surface area contributed by atoms with Gasteiger partial charge in [0.25, 0.3) is 0 Å². The molecule has 0 bridgehead atoms. The number of methoxy groups -OCH3 is 1. The highest BCUT2D eigenvalue weighted by molar-refractivity contribution is 5.60. The second kappa shape index (κ2) is 5.51. The Kier molecular flexibility index (Phi) is 3.59. The fraction of sp³-hybridized carbons (Fsp3) is 0.556. The average Bonchev–Trinajstić information content (AvgIpc) is 2.79. The molecule has 4 rings (SSSR count). The lowest BCUT2D eigenvalue weighted by Gasteiger charge is -2.35. The second-order valence-electron chi connectivity index (χ2n) is 6.77. The van der Waals surface area contributed by atoms with Crippen molar-refractivity contribution in [1.29, 1.82) is 0 Å². The summed E-state index contributed by atoms with van der Waals surface area (Å²) in [6, 6.07) is 4.11. The van der Waals surface area contributed by atoms with Gasteiger partial charge in [0.2, 0.25) is 0 Å². The number of nitrogens with zero attached hydrogens (tertiary/aromatic N) is 1. The summed E-state index contributed by atoms with van der Waals surface area (Å²) in [5.74, 6) is 1.56. The van der Waals surface area contributed by atoms with Crippen molar-refractivity contribution in [3.8, 4) is 11.5 Å². The van der Waals surface area contributed by atoms with Crippen LogP contribution in [0, 0.1) is 0 Å². The third kappa shape index (κ3) is 2.26. The topological polar surface area (TPSA) is 51.2 Å². The maximum atomic E-state index is 10.0. The van der Waals surface area contributed by atoms with Gasteiger partial charge in [-0.1, -0.05) is 18.2 Å². The first-order valence-corrected chi connectivity index (χ1v) is 8.15. The Morgan fingerprint density at radius 1 is 1.43 bits per heavy atom. The van der Waals surface area contributed by atoms with Crippen LogP contribution in [-0.4, -0.2) is 49.7 Å². The zero-order valence-electron chi connectivity index (χ0n) is 13.6. The van der Waals surface area contributed by atoms with Crippen molar-refractivity contribution in [2.75, 3.05) is 27.5 Å². The highest BCUT2D eigenvalue weighted by atomic mass is 16.7. The fourth-order valence-corrected chi connectivity index (χ4v) is 4.15. The summed E-state index contributed by atoms with van der Waals surface area (Å²) in [5, 5.41) is 10.0. The molecule has 2 aliphatic heterocycles. The summed E-state index contributed by atoms with van der Waals surface area (Å²) in [6.45, 7) is 2.11. The normalized spacial score (nSPS) is 32.0. The Morgan fingerprint density at radius 3 is 3.13 bits per heavy atom. The number of rotatable bonds is 3. The van der Waals surface area contributed by atoms with Crippen LogP contribution in [0.15, 0.2) is 24.3 Å². The van der Waals surface area contributed by atoms with E-state index >= 15 is 0 Å². The molecule has 5 nitrogen and oxygen atoms in total. The second-order valence-corrected chi connectivity index (χ2v) is 6.77. The van der Waals surface area contributed by atoms with E-state index in [9.17, 15) is 5.11 Å². The molecule has 3 atom stereocenters. The Labute approximate surface area is 136 Å². The van der Waals surface area contributed by atoms with E-state index in [1.807, 2.05) is 12.1 Å². The smallest absolute Gasteiger partial charge is 0.188 e. The summed E-state index contributed by atoms with van der Waals surface area (Å²) in [4.78, 5) is 2.34. The van der Waals surface area contributed by atoms with Gasteiger partial charge in [0.05, 0.1) is 11.5 Å². The summed E-state index contributed by atoms with van der Waals surface area (Å²) in [7, 11) is 3.76. The first kappa shape index (κ1) is 15.0. The highest BCUT2D eigenvalue weighted by Gasteiger charge is 2.52. The molecule has 0 saturated carbocycles. The van der Waals surface area contributed by atoms with E-state index in [1.54, 1.807) is 7.11 Å². The van der Waals surface area contributed by atoms with Crippen molar-refractivity contribution in [3.63, 3.8) is 0 Å². The first-order chi connectivity index (χ1) is 11.1. The highest BCUT2D eigenvalue weighted by Crippen LogP contribution is 2.55. The average molecular weight is 317 g/mol. The summed E-state index contributed by atoms with van der Waals surface area (Å²) in [5.41, 5.74) is 2.37. The van der Waals surface area contributed by atoms with Gasteiger partial charge >= 0.3 is 0 Å². The largest absolute Gasteiger partial charge is 0.485 e. The molecule has 0 saturated heterocycles. The van der Waals surface area contributed by atoms with Crippen LogP contribution in [0.3, 0.4) is 0 Å². The Hall–Kier alpha value is -1.56. The van der Waals surface area contributed by atoms with Crippen LogP contribution in [-0.2, 0) is 16.7 Å². The van der Waals surface area contributed by atoms with E-state index in [2.05, 4.69) is 24.1 Å². The molecule has 3 aliphatic rings. The van der Waals surface area contributed by atoms with Gasteiger partial charge in [-0.2, -0.15) is 0 Å². The van der Waals surface area contributed by atoms with Crippen LogP contribution < -0.4 is 9.47 Å². The molecule has 2 heterocycles. The first-order valence-electron chi connectivity index (χ1n) is 8.15. The molecule has 23 heavy (non-hydrogen) atoms. The van der Waals surface area contributed by atoms with Crippen molar-refractivity contribution in [2.45, 2.75) is 37.0 Å². The van der Waals surface area contributed by atoms with E-state index in [0.29, 0.717) is 6.42 Å². The number of aliphatic hydroxyl groups excluding tert-OH is 1. The minimum atomic E-state index is -0.437. The molecule has 0 amide bonds. The number of ether oxygens (including phenoxy) is 3. The summed E-state index contributed by atoms with van der Waals surface area (Å²) < 4.78 is 17.1. The van der Waals surface area contributed by atoms with Gasteiger partial charge < -0.3 is 24.2 Å². The third-order valence-corrected chi connectivity index (χ3v) is 5.26. The molecule has 1 aliphatic carbocycles. The number of hydrogen-bond acceptors (Lipinski definition) is 5. The molecule has 0 radical (unpaired) electrons. The molecule has 1 aromatic rings. The van der Waals surface area contributed by atoms with Crippen LogP contribution in [0.1, 0.15) is 24.0 Å². The fourth-order valence-electron chi connectivity index (χ4n) is 4.15. The van der Waals surface area contributed by atoms with E-state index in [0.717, 1.165) is 31.0 Å². The Morgan fingerprint density at radius 2 is 2.30 bits per heavy atom. The summed E-state index contributed by atoms with van der Waals surface area (Å²) in [6.07, 6.45) is 5.24. The molecule has 0 aromatic heterocycles. The van der Waals surface area contributed by atoms with Crippen molar-refractivity contribution < 1.29 is 19.3 Å². The minimum Gasteiger partial charge on any atom is -0.485 e. The molecule has 1 N–H and O–H groups in total. The maximum Gasteiger partial charge on any atom is 0.188 e. The molecule has 5 heteroatoms. The van der Waals surface area contributed by atoms with Gasteiger partial charge in [0.15, 0.2) is 18.3 Å². The predicted molar refractivity (Wildman–Crippen MR) is 85.8 cm³/mol. The predicted octanol–water partition coefficient (Wildman–Crippen LogP) is 1.82. The monoisotopic (exact) mass is 317 g/mol. The van der Waals surface area contributed by atoms with E-state index in [4.69, 9.17) is 14.2 Å². The van der Waals surface area contributed by atoms with Gasteiger partial charge in [-0.3, -0.25) is 0 Å². The molecule has 3 unspecified atom stereocenters. The molecular weight excluding hydrogens is 294 g/mol. The third-order valence-electron chi connectivity index (χ3n) is 5.26. The van der Waals surface area contributed by atoms with Crippen molar-refractivity contribution in [2.24, 2.45) is 0 Å². The Bertz CT molecular complexity index is 644. The zero-order valence-corrected chi connectivity index (χ0v) is 13.6. The van der Waals surface area contributed by atoms with Crippen molar-refractivity contribution in [1.82, 2.24) is 4.90 Å². The molecule has 124 valence electrons. The van der Waals surface area contributed by atoms with Gasteiger partial charge in [-0.05, 0) is 31.6 Å². The van der Waals surface area contributed by atoms with Gasteiger partial charge in [-0.15, -0.1) is 0 Å². The van der Waals surface area contributed by atoms with Crippen LogP contribution in [0.5, 0.6) is 11.5 Å². The Balaban J connectivity index is 1.86. The van der Waals surface area contributed by atoms with E-state index < -0.39 is 6.10 Å². The van der Waals surface area contributed by atoms with Gasteiger partial charge in [0, 0.05) is 25.6 Å². The quantitative estimate of drug-likeness (QED) is 0.681. The van der Waals surface area contributed by atoms with Crippen LogP contribution in [0.25, 0.3) is 0 Å². The SMILES string of the molecule is COCOc1ccc2c3c1OC1CC(O)C=CC31CCN(C)C2. The van der Waals surface area contributed by atoms with E-state index in [-0.39, 0.29) is 18.3 Å². The maximum absolute atomic E-state index is 10.0. The van der Waals surface area contributed by atoms with Gasteiger partial charge in [0.1, 0.15) is 6.10 Å². The zero-order chi connectivity index (χ0) is 16.0. The number of aliphatic hydroxyl groups is 1. The number of benzene rings is 1. The molecular formula is C18H23NO4. The number of hydrogen-bond donors (Lipinski definition) is 1. The minimum absolute atomic E-state index is 0.0324. The van der Waals surface area contributed by atoms with Gasteiger partial charge in [-0.25, -0.2) is 0 Å². The standard InChI is InChI=1S/C18H23NO4/c1-19-8-7-18-6-5-13(20)9-15(18)23-17-14(22-11-21-2)4-3-12(10-19)16(17)18/h3-6,13,15,20H,7-11H2,1-2H3. The van der Waals surface area contributed by atoms with E-state index in [1.165, 1.54) is 11.1 Å². The lowest BCUT2D eigenvalue weighted by Crippen LogP contribution is -2.42. The van der Waals surface area contributed by atoms with Crippen molar-refractivity contribution >= 4 is 0 Å². The van der Waals surface area contributed by atoms with Crippen LogP contribution in [0.2, 0.25) is 0 Å². The van der Waals surface area contributed by atoms with Crippen LogP contribution in [0.4, 0.5) is 0 Å². The lowest BCUT2D eigenvalue weighted by atomic mass is 9.69. The lowest BCUT2D eigenvalue weighted by molar-refractivity contribution is 0.0446.